The number of aryl methyl sites for hydroxylation is 1. The molecular formula is C18H20O. The molecule has 1 heteroatoms. The quantitative estimate of drug-likeness (QED) is 0.727. The van der Waals surface area contributed by atoms with Crippen molar-refractivity contribution in [3.8, 4) is 0 Å². The molecule has 0 aliphatic heterocycles. The van der Waals surface area contributed by atoms with Crippen LogP contribution >= 0.6 is 0 Å². The molecular weight excluding hydrogens is 232 g/mol. The van der Waals surface area contributed by atoms with E-state index in [9.17, 15) is 4.79 Å². The molecule has 0 N–H and O–H groups in total. The molecule has 0 saturated heterocycles. The zero-order chi connectivity index (χ0) is 13.7. The number of hydrogen-bond donors (Lipinski definition) is 0. The first-order valence-corrected chi connectivity index (χ1v) is 6.94. The van der Waals surface area contributed by atoms with Crippen molar-refractivity contribution in [1.82, 2.24) is 0 Å². The number of benzene rings is 2. The summed E-state index contributed by atoms with van der Waals surface area (Å²) in [5.74, 6) is 0.198. The second kappa shape index (κ2) is 6.33. The summed E-state index contributed by atoms with van der Waals surface area (Å²) >= 11 is 0. The van der Waals surface area contributed by atoms with Crippen molar-refractivity contribution in [2.24, 2.45) is 0 Å². The summed E-state index contributed by atoms with van der Waals surface area (Å²) in [7, 11) is 0. The van der Waals surface area contributed by atoms with E-state index >= 15 is 0 Å². The Labute approximate surface area is 115 Å². The average molecular weight is 252 g/mol. The maximum atomic E-state index is 12.3. The van der Waals surface area contributed by atoms with Crippen molar-refractivity contribution in [3.63, 3.8) is 0 Å². The minimum atomic E-state index is 0.198. The van der Waals surface area contributed by atoms with Gasteiger partial charge in [0.15, 0.2) is 5.78 Å². The van der Waals surface area contributed by atoms with Crippen molar-refractivity contribution in [2.45, 2.75) is 33.1 Å². The Morgan fingerprint density at radius 2 is 1.53 bits per heavy atom. The molecule has 0 spiro atoms. The summed E-state index contributed by atoms with van der Waals surface area (Å²) in [5.41, 5.74) is 4.68. The number of carbonyl (C=O) groups is 1. The normalized spacial score (nSPS) is 10.4. The van der Waals surface area contributed by atoms with Crippen LogP contribution in [0.4, 0.5) is 0 Å². The molecule has 0 amide bonds. The van der Waals surface area contributed by atoms with Crippen molar-refractivity contribution >= 4 is 5.78 Å². The Balaban J connectivity index is 2.26. The van der Waals surface area contributed by atoms with Crippen LogP contribution in [0.5, 0.6) is 0 Å². The Morgan fingerprint density at radius 3 is 2.16 bits per heavy atom. The maximum absolute atomic E-state index is 12.3. The van der Waals surface area contributed by atoms with Crippen LogP contribution in [0.2, 0.25) is 0 Å². The number of rotatable bonds is 5. The van der Waals surface area contributed by atoms with Gasteiger partial charge in [-0.1, -0.05) is 62.4 Å². The first kappa shape index (κ1) is 13.5. The molecule has 2 aromatic carbocycles. The van der Waals surface area contributed by atoms with Crippen molar-refractivity contribution in [1.29, 1.82) is 0 Å². The topological polar surface area (TPSA) is 17.1 Å². The van der Waals surface area contributed by atoms with Crippen molar-refractivity contribution in [2.75, 3.05) is 0 Å². The smallest absolute Gasteiger partial charge is 0.167 e. The molecule has 0 saturated carbocycles. The van der Waals surface area contributed by atoms with Crippen LogP contribution in [0.1, 0.15) is 40.9 Å². The van der Waals surface area contributed by atoms with Gasteiger partial charge in [0.2, 0.25) is 0 Å². The highest BCUT2D eigenvalue weighted by Gasteiger charge is 2.11. The monoisotopic (exact) mass is 252 g/mol. The third-order valence-electron chi connectivity index (χ3n) is 3.55. The number of hydrogen-bond acceptors (Lipinski definition) is 1. The predicted molar refractivity (Wildman–Crippen MR) is 79.7 cm³/mol. The van der Waals surface area contributed by atoms with Gasteiger partial charge >= 0.3 is 0 Å². The lowest BCUT2D eigenvalue weighted by molar-refractivity contribution is 0.0992. The van der Waals surface area contributed by atoms with Crippen LogP contribution in [0.25, 0.3) is 0 Å². The lowest BCUT2D eigenvalue weighted by atomic mass is 9.93. The van der Waals surface area contributed by atoms with E-state index in [1.54, 1.807) is 0 Å². The molecule has 0 aliphatic carbocycles. The molecule has 0 aliphatic rings. The van der Waals surface area contributed by atoms with Gasteiger partial charge in [0.25, 0.3) is 0 Å². The van der Waals surface area contributed by atoms with Crippen LogP contribution in [0.15, 0.2) is 48.5 Å². The van der Waals surface area contributed by atoms with E-state index in [1.165, 1.54) is 16.7 Å². The van der Waals surface area contributed by atoms with Gasteiger partial charge in [-0.15, -0.1) is 0 Å². The number of ketones is 1. The van der Waals surface area contributed by atoms with E-state index in [4.69, 9.17) is 0 Å². The highest BCUT2D eigenvalue weighted by Crippen LogP contribution is 2.18. The summed E-state index contributed by atoms with van der Waals surface area (Å²) in [6.07, 6.45) is 2.51. The van der Waals surface area contributed by atoms with Crippen molar-refractivity contribution in [3.05, 3.63) is 70.8 Å². The fourth-order valence-electron chi connectivity index (χ4n) is 2.54. The third-order valence-corrected chi connectivity index (χ3v) is 3.55. The standard InChI is InChI=1S/C18H20O/c1-3-14-11-8-12-16(17(14)4-2)13-18(19)15-9-6-5-7-10-15/h5-12H,3-4,13H2,1-2H3. The van der Waals surface area contributed by atoms with Crippen LogP contribution < -0.4 is 0 Å². The third kappa shape index (κ3) is 3.11. The summed E-state index contributed by atoms with van der Waals surface area (Å²) in [5, 5.41) is 0. The van der Waals surface area contributed by atoms with Crippen LogP contribution in [0.3, 0.4) is 0 Å². The molecule has 0 bridgehead atoms. The summed E-state index contributed by atoms with van der Waals surface area (Å²) in [4.78, 5) is 12.3. The molecule has 0 radical (unpaired) electrons. The number of carbonyl (C=O) groups excluding carboxylic acids is 1. The summed E-state index contributed by atoms with van der Waals surface area (Å²) in [6.45, 7) is 4.32. The molecule has 19 heavy (non-hydrogen) atoms. The predicted octanol–water partition coefficient (Wildman–Crippen LogP) is 4.24. The van der Waals surface area contributed by atoms with Gasteiger partial charge in [-0.05, 0) is 29.5 Å². The zero-order valence-corrected chi connectivity index (χ0v) is 11.6. The highest BCUT2D eigenvalue weighted by atomic mass is 16.1. The Kier molecular flexibility index (Phi) is 4.51. The van der Waals surface area contributed by atoms with E-state index in [0.29, 0.717) is 6.42 Å². The fourth-order valence-corrected chi connectivity index (χ4v) is 2.54. The first-order valence-electron chi connectivity index (χ1n) is 6.94. The molecule has 98 valence electrons. The van der Waals surface area contributed by atoms with Gasteiger partial charge in [-0.3, -0.25) is 4.79 Å². The van der Waals surface area contributed by atoms with Gasteiger partial charge in [0.05, 0.1) is 0 Å². The minimum Gasteiger partial charge on any atom is -0.294 e. The van der Waals surface area contributed by atoms with Gasteiger partial charge < -0.3 is 0 Å². The van der Waals surface area contributed by atoms with E-state index < -0.39 is 0 Å². The maximum Gasteiger partial charge on any atom is 0.167 e. The Morgan fingerprint density at radius 1 is 0.842 bits per heavy atom. The van der Waals surface area contributed by atoms with Gasteiger partial charge in [-0.25, -0.2) is 0 Å². The Hall–Kier alpha value is -1.89. The molecule has 0 heterocycles. The van der Waals surface area contributed by atoms with E-state index in [-0.39, 0.29) is 5.78 Å². The lowest BCUT2D eigenvalue weighted by Crippen LogP contribution is -2.07. The largest absolute Gasteiger partial charge is 0.294 e. The van der Waals surface area contributed by atoms with Gasteiger partial charge in [-0.2, -0.15) is 0 Å². The molecule has 0 atom stereocenters. The van der Waals surface area contributed by atoms with Crippen LogP contribution in [0, 0.1) is 0 Å². The van der Waals surface area contributed by atoms with Gasteiger partial charge in [0, 0.05) is 12.0 Å². The van der Waals surface area contributed by atoms with Crippen LogP contribution in [-0.4, -0.2) is 5.78 Å². The zero-order valence-electron chi connectivity index (χ0n) is 11.6. The van der Waals surface area contributed by atoms with E-state index in [2.05, 4.69) is 32.0 Å². The highest BCUT2D eigenvalue weighted by molar-refractivity contribution is 5.97. The SMILES string of the molecule is CCc1cccc(CC(=O)c2ccccc2)c1CC. The lowest BCUT2D eigenvalue weighted by Gasteiger charge is -2.12. The fraction of sp³-hybridized carbons (Fsp3) is 0.278. The molecule has 2 rings (SSSR count). The second-order valence-corrected chi connectivity index (χ2v) is 4.73. The van der Waals surface area contributed by atoms with Crippen LogP contribution in [-0.2, 0) is 19.3 Å². The Bertz CT molecular complexity index is 555. The second-order valence-electron chi connectivity index (χ2n) is 4.73. The molecule has 2 aromatic rings. The molecule has 0 fully saturated rings. The minimum absolute atomic E-state index is 0.198. The van der Waals surface area contributed by atoms with E-state index in [0.717, 1.165) is 18.4 Å². The summed E-state index contributed by atoms with van der Waals surface area (Å²) in [6, 6.07) is 15.8. The molecule has 0 unspecified atom stereocenters. The molecule has 0 aromatic heterocycles. The number of Topliss-reactive ketones (excluding diaryl/α,β-unsaturated/α-hetero) is 1. The molecule has 1 nitrogen and oxygen atoms in total. The van der Waals surface area contributed by atoms with Gasteiger partial charge in [0.1, 0.15) is 0 Å². The first-order chi connectivity index (χ1) is 9.26. The van der Waals surface area contributed by atoms with E-state index in [1.807, 2.05) is 30.3 Å². The summed E-state index contributed by atoms with van der Waals surface area (Å²) < 4.78 is 0. The van der Waals surface area contributed by atoms with Crippen molar-refractivity contribution < 1.29 is 4.79 Å². The average Bonchev–Trinajstić information content (AvgIpc) is 2.47.